The fourth-order valence-corrected chi connectivity index (χ4v) is 1.38. The summed E-state index contributed by atoms with van der Waals surface area (Å²) in [6.07, 6.45) is -3.60. The van der Waals surface area contributed by atoms with Gasteiger partial charge in [0.15, 0.2) is 5.69 Å². The SMILES string of the molecule is Cc1c(F)cc(-n2ccc(C(F)(F)F)n2)cc1F. The van der Waals surface area contributed by atoms with Crippen molar-refractivity contribution in [3.63, 3.8) is 0 Å². The predicted molar refractivity (Wildman–Crippen MR) is 53.2 cm³/mol. The number of rotatable bonds is 1. The molecule has 0 amide bonds. The minimum Gasteiger partial charge on any atom is -0.240 e. The molecule has 1 heterocycles. The third-order valence-electron chi connectivity index (χ3n) is 2.41. The molecule has 0 aliphatic carbocycles. The molecule has 1 aromatic carbocycles. The van der Waals surface area contributed by atoms with Gasteiger partial charge >= 0.3 is 6.18 Å². The number of alkyl halides is 3. The Kier molecular flexibility index (Phi) is 2.84. The lowest BCUT2D eigenvalue weighted by molar-refractivity contribution is -0.141. The van der Waals surface area contributed by atoms with E-state index in [1.807, 2.05) is 0 Å². The van der Waals surface area contributed by atoms with Crippen molar-refractivity contribution >= 4 is 0 Å². The number of aromatic nitrogens is 2. The van der Waals surface area contributed by atoms with Gasteiger partial charge in [-0.3, -0.25) is 0 Å². The average Bonchev–Trinajstić information content (AvgIpc) is 2.73. The molecule has 0 radical (unpaired) electrons. The Bertz CT molecular complexity index is 562. The molecule has 2 nitrogen and oxygen atoms in total. The fraction of sp³-hybridized carbons (Fsp3) is 0.182. The number of hydrogen-bond donors (Lipinski definition) is 0. The summed E-state index contributed by atoms with van der Waals surface area (Å²) >= 11 is 0. The van der Waals surface area contributed by atoms with Crippen molar-refractivity contribution < 1.29 is 22.0 Å². The van der Waals surface area contributed by atoms with Crippen molar-refractivity contribution in [3.8, 4) is 5.69 Å². The van der Waals surface area contributed by atoms with Crippen LogP contribution in [0.5, 0.6) is 0 Å². The minimum atomic E-state index is -4.59. The van der Waals surface area contributed by atoms with Crippen LogP contribution in [0.4, 0.5) is 22.0 Å². The summed E-state index contributed by atoms with van der Waals surface area (Å²) in [5.74, 6) is -1.68. The second-order valence-corrected chi connectivity index (χ2v) is 3.68. The van der Waals surface area contributed by atoms with Gasteiger partial charge in [-0.25, -0.2) is 13.5 Å². The monoisotopic (exact) mass is 262 g/mol. The van der Waals surface area contributed by atoms with Gasteiger partial charge in [-0.2, -0.15) is 18.3 Å². The number of benzene rings is 1. The van der Waals surface area contributed by atoms with Crippen LogP contribution in [0.2, 0.25) is 0 Å². The lowest BCUT2D eigenvalue weighted by Gasteiger charge is -2.05. The van der Waals surface area contributed by atoms with Crippen molar-refractivity contribution in [1.82, 2.24) is 9.78 Å². The Morgan fingerprint density at radius 1 is 1.11 bits per heavy atom. The topological polar surface area (TPSA) is 17.8 Å². The second kappa shape index (κ2) is 4.08. The Morgan fingerprint density at radius 3 is 2.11 bits per heavy atom. The van der Waals surface area contributed by atoms with Crippen molar-refractivity contribution in [2.75, 3.05) is 0 Å². The van der Waals surface area contributed by atoms with E-state index in [2.05, 4.69) is 5.10 Å². The zero-order valence-electron chi connectivity index (χ0n) is 9.09. The molecule has 18 heavy (non-hydrogen) atoms. The molecule has 0 aliphatic rings. The molecular weight excluding hydrogens is 255 g/mol. The molecule has 96 valence electrons. The first-order valence-electron chi connectivity index (χ1n) is 4.88. The summed E-state index contributed by atoms with van der Waals surface area (Å²) in [6.45, 7) is 1.23. The summed E-state index contributed by atoms with van der Waals surface area (Å²) in [7, 11) is 0. The molecule has 0 aliphatic heterocycles. The maximum atomic E-state index is 13.3. The molecule has 0 saturated carbocycles. The summed E-state index contributed by atoms with van der Waals surface area (Å²) < 4.78 is 64.2. The van der Waals surface area contributed by atoms with Crippen LogP contribution < -0.4 is 0 Å². The summed E-state index contributed by atoms with van der Waals surface area (Å²) in [6, 6.07) is 2.58. The van der Waals surface area contributed by atoms with Crippen LogP contribution in [-0.4, -0.2) is 9.78 Å². The van der Waals surface area contributed by atoms with Crippen LogP contribution in [0, 0.1) is 18.6 Å². The van der Waals surface area contributed by atoms with Gasteiger partial charge in [0, 0.05) is 23.9 Å². The van der Waals surface area contributed by atoms with Crippen LogP contribution in [-0.2, 0) is 6.18 Å². The van der Waals surface area contributed by atoms with Crippen LogP contribution in [0.25, 0.3) is 5.69 Å². The van der Waals surface area contributed by atoms with E-state index in [-0.39, 0.29) is 11.3 Å². The standard InChI is InChI=1S/C11H7F5N2/c1-6-8(12)4-7(5-9(6)13)18-3-2-10(17-18)11(14,15)16/h2-5H,1H3. The van der Waals surface area contributed by atoms with Gasteiger partial charge in [-0.05, 0) is 13.0 Å². The van der Waals surface area contributed by atoms with E-state index in [1.54, 1.807) is 0 Å². The highest BCUT2D eigenvalue weighted by Crippen LogP contribution is 2.28. The van der Waals surface area contributed by atoms with Gasteiger partial charge in [-0.1, -0.05) is 0 Å². The lowest BCUT2D eigenvalue weighted by atomic mass is 10.2. The Balaban J connectivity index is 2.47. The normalized spacial score (nSPS) is 11.9. The molecule has 2 aromatic rings. The summed E-state index contributed by atoms with van der Waals surface area (Å²) in [5.41, 5.74) is -1.42. The Hall–Kier alpha value is -1.92. The zero-order valence-corrected chi connectivity index (χ0v) is 9.09. The molecule has 0 spiro atoms. The smallest absolute Gasteiger partial charge is 0.240 e. The van der Waals surface area contributed by atoms with Crippen molar-refractivity contribution in [2.45, 2.75) is 13.1 Å². The number of halogens is 5. The lowest BCUT2D eigenvalue weighted by Crippen LogP contribution is -2.07. The summed E-state index contributed by atoms with van der Waals surface area (Å²) in [5, 5.41) is 3.22. The molecule has 0 bridgehead atoms. The molecule has 0 saturated heterocycles. The second-order valence-electron chi connectivity index (χ2n) is 3.68. The van der Waals surface area contributed by atoms with Gasteiger partial charge in [0.1, 0.15) is 11.6 Å². The maximum absolute atomic E-state index is 13.3. The predicted octanol–water partition coefficient (Wildman–Crippen LogP) is 3.48. The third kappa shape index (κ3) is 2.20. The largest absolute Gasteiger partial charge is 0.435 e. The van der Waals surface area contributed by atoms with E-state index in [0.29, 0.717) is 0 Å². The van der Waals surface area contributed by atoms with Crippen LogP contribution >= 0.6 is 0 Å². The molecular formula is C11H7F5N2. The first-order chi connectivity index (χ1) is 8.29. The average molecular weight is 262 g/mol. The molecule has 2 rings (SSSR count). The Morgan fingerprint density at radius 2 is 1.67 bits per heavy atom. The van der Waals surface area contributed by atoms with E-state index < -0.39 is 23.5 Å². The third-order valence-corrected chi connectivity index (χ3v) is 2.41. The van der Waals surface area contributed by atoms with E-state index in [9.17, 15) is 22.0 Å². The highest BCUT2D eigenvalue weighted by molar-refractivity contribution is 5.36. The summed E-state index contributed by atoms with van der Waals surface area (Å²) in [4.78, 5) is 0. The van der Waals surface area contributed by atoms with Crippen molar-refractivity contribution in [2.24, 2.45) is 0 Å². The molecule has 0 unspecified atom stereocenters. The van der Waals surface area contributed by atoms with E-state index in [1.165, 1.54) is 6.92 Å². The molecule has 1 aromatic heterocycles. The van der Waals surface area contributed by atoms with Crippen LogP contribution in [0.15, 0.2) is 24.4 Å². The number of nitrogens with zero attached hydrogens (tertiary/aromatic N) is 2. The zero-order chi connectivity index (χ0) is 13.5. The van der Waals surface area contributed by atoms with Gasteiger partial charge in [0.05, 0.1) is 5.69 Å². The highest BCUT2D eigenvalue weighted by Gasteiger charge is 2.33. The van der Waals surface area contributed by atoms with Gasteiger partial charge < -0.3 is 0 Å². The van der Waals surface area contributed by atoms with E-state index in [4.69, 9.17) is 0 Å². The van der Waals surface area contributed by atoms with E-state index in [0.717, 1.165) is 29.1 Å². The van der Waals surface area contributed by atoms with Crippen LogP contribution in [0.3, 0.4) is 0 Å². The quantitative estimate of drug-likeness (QED) is 0.719. The highest BCUT2D eigenvalue weighted by atomic mass is 19.4. The van der Waals surface area contributed by atoms with Gasteiger partial charge in [-0.15, -0.1) is 0 Å². The van der Waals surface area contributed by atoms with Crippen LogP contribution in [0.1, 0.15) is 11.3 Å². The van der Waals surface area contributed by atoms with Crippen molar-refractivity contribution in [1.29, 1.82) is 0 Å². The first-order valence-corrected chi connectivity index (χ1v) is 4.88. The number of hydrogen-bond acceptors (Lipinski definition) is 1. The van der Waals surface area contributed by atoms with Gasteiger partial charge in [0.25, 0.3) is 0 Å². The first kappa shape index (κ1) is 12.5. The Labute approximate surface area is 98.7 Å². The molecule has 0 fully saturated rings. The maximum Gasteiger partial charge on any atom is 0.435 e. The molecule has 0 N–H and O–H groups in total. The molecule has 0 atom stereocenters. The van der Waals surface area contributed by atoms with E-state index >= 15 is 0 Å². The van der Waals surface area contributed by atoms with Crippen molar-refractivity contribution in [3.05, 3.63) is 47.3 Å². The minimum absolute atomic E-state index is 0.105. The fourth-order valence-electron chi connectivity index (χ4n) is 1.38. The molecule has 7 heteroatoms. The van der Waals surface area contributed by atoms with Gasteiger partial charge in [0.2, 0.25) is 0 Å².